The van der Waals surface area contributed by atoms with Gasteiger partial charge in [0.15, 0.2) is 0 Å². The molecule has 0 spiro atoms. The molecule has 2 N–H and O–H groups in total. The molecular formula is C34H41F2N3O5. The van der Waals surface area contributed by atoms with Crippen LogP contribution in [0.1, 0.15) is 67.9 Å². The maximum atomic E-state index is 13.9. The first-order valence-electron chi connectivity index (χ1n) is 14.9. The molecule has 1 unspecified atom stereocenters. The Kier molecular flexibility index (Phi) is 10.9. The lowest BCUT2D eigenvalue weighted by Crippen LogP contribution is -2.46. The third-order valence-electron chi connectivity index (χ3n) is 7.79. The molecule has 1 atom stereocenters. The lowest BCUT2D eigenvalue weighted by atomic mass is 9.79. The van der Waals surface area contributed by atoms with Crippen LogP contribution in [0.25, 0.3) is 17.0 Å². The Bertz CT molecular complexity index is 1500. The molecule has 0 radical (unpaired) electrons. The predicted molar refractivity (Wildman–Crippen MR) is 166 cm³/mol. The number of halogens is 2. The van der Waals surface area contributed by atoms with Crippen LogP contribution < -0.4 is 15.4 Å². The van der Waals surface area contributed by atoms with Gasteiger partial charge in [-0.3, -0.25) is 0 Å². The zero-order valence-electron chi connectivity index (χ0n) is 25.9. The van der Waals surface area contributed by atoms with E-state index in [1.165, 1.54) is 20.3 Å². The van der Waals surface area contributed by atoms with Crippen LogP contribution in [0.4, 0.5) is 13.6 Å². The molecule has 44 heavy (non-hydrogen) atoms. The molecule has 1 heterocycles. The van der Waals surface area contributed by atoms with E-state index in [4.69, 9.17) is 14.2 Å². The number of rotatable bonds is 10. The second-order valence-corrected chi connectivity index (χ2v) is 12.1. The summed E-state index contributed by atoms with van der Waals surface area (Å²) in [5.74, 6) is -0.822. The number of alkyl carbamates (subject to hydrolysis) is 1. The van der Waals surface area contributed by atoms with E-state index in [1.54, 1.807) is 30.4 Å². The molecule has 1 aliphatic carbocycles. The maximum Gasteiger partial charge on any atom is 0.407 e. The number of hydrogen-bond acceptors (Lipinski definition) is 7. The molecule has 0 bridgehead atoms. The fourth-order valence-corrected chi connectivity index (χ4v) is 5.64. The third kappa shape index (κ3) is 8.75. The van der Waals surface area contributed by atoms with Crippen molar-refractivity contribution in [3.63, 3.8) is 0 Å². The summed E-state index contributed by atoms with van der Waals surface area (Å²) in [5, 5.41) is 7.25. The number of fused-ring (bicyclic) bond motifs is 1. The number of carbonyl (C=O) groups excluding carboxylic acids is 2. The number of esters is 1. The number of nitrogens with zero attached hydrogens (tertiary/aromatic N) is 1. The monoisotopic (exact) mass is 609 g/mol. The largest absolute Gasteiger partial charge is 0.481 e. The molecule has 1 saturated carbocycles. The van der Waals surface area contributed by atoms with Crippen molar-refractivity contribution in [1.82, 2.24) is 15.6 Å². The van der Waals surface area contributed by atoms with Crippen LogP contribution in [0.2, 0.25) is 0 Å². The first-order chi connectivity index (χ1) is 21.0. The summed E-state index contributed by atoms with van der Waals surface area (Å²) in [6.45, 7) is 6.00. The Morgan fingerprint density at radius 2 is 1.80 bits per heavy atom. The van der Waals surface area contributed by atoms with E-state index in [1.807, 2.05) is 26.8 Å². The van der Waals surface area contributed by atoms with Crippen molar-refractivity contribution in [2.75, 3.05) is 20.8 Å². The number of carbonyl (C=O) groups is 2. The number of methoxy groups -OCH3 is 2. The van der Waals surface area contributed by atoms with Crippen LogP contribution >= 0.6 is 0 Å². The molecule has 1 fully saturated rings. The number of benzene rings is 2. The van der Waals surface area contributed by atoms with E-state index in [2.05, 4.69) is 15.6 Å². The number of amides is 1. The minimum atomic E-state index is -0.651. The van der Waals surface area contributed by atoms with Crippen molar-refractivity contribution in [3.8, 4) is 5.88 Å². The van der Waals surface area contributed by atoms with Gasteiger partial charge in [-0.25, -0.2) is 23.4 Å². The fourth-order valence-electron chi connectivity index (χ4n) is 5.64. The Morgan fingerprint density at radius 1 is 1.05 bits per heavy atom. The highest BCUT2D eigenvalue weighted by molar-refractivity contribution is 6.04. The van der Waals surface area contributed by atoms with Crippen LogP contribution in [0.5, 0.6) is 5.88 Å². The number of aromatic nitrogens is 1. The Hall–Kier alpha value is -4.05. The van der Waals surface area contributed by atoms with Crippen LogP contribution in [-0.4, -0.2) is 55.5 Å². The summed E-state index contributed by atoms with van der Waals surface area (Å²) >= 11 is 0. The number of hydrogen-bond donors (Lipinski definition) is 2. The maximum absolute atomic E-state index is 13.9. The first kappa shape index (κ1) is 32.9. The SMILES string of the molecule is COC(=O)c1ccc(CC(NC(=O)OC(C)(C)C)C2CCC(NCC=Cc3cc(F)ccc3F)CC2)c2nc(OC)ccc12. The van der Waals surface area contributed by atoms with Crippen molar-refractivity contribution in [2.45, 2.75) is 70.6 Å². The number of ether oxygens (including phenoxy) is 3. The van der Waals surface area contributed by atoms with E-state index in [0.717, 1.165) is 43.4 Å². The summed E-state index contributed by atoms with van der Waals surface area (Å²) in [4.78, 5) is 30.1. The average molecular weight is 610 g/mol. The van der Waals surface area contributed by atoms with Crippen LogP contribution in [-0.2, 0) is 15.9 Å². The Labute approximate surface area is 257 Å². The zero-order valence-corrected chi connectivity index (χ0v) is 25.9. The Balaban J connectivity index is 1.49. The average Bonchev–Trinajstić information content (AvgIpc) is 2.99. The van der Waals surface area contributed by atoms with E-state index in [0.29, 0.717) is 35.3 Å². The molecule has 2 aromatic carbocycles. The van der Waals surface area contributed by atoms with Crippen LogP contribution in [0, 0.1) is 17.6 Å². The molecule has 0 saturated heterocycles. The van der Waals surface area contributed by atoms with Gasteiger partial charge in [0.25, 0.3) is 0 Å². The van der Waals surface area contributed by atoms with Gasteiger partial charge in [0.1, 0.15) is 17.2 Å². The second kappa shape index (κ2) is 14.6. The van der Waals surface area contributed by atoms with Crippen molar-refractivity contribution in [2.24, 2.45) is 5.92 Å². The van der Waals surface area contributed by atoms with Gasteiger partial charge in [-0.05, 0) is 94.7 Å². The Morgan fingerprint density at radius 3 is 2.48 bits per heavy atom. The van der Waals surface area contributed by atoms with Crippen molar-refractivity contribution >= 4 is 29.0 Å². The molecule has 8 nitrogen and oxygen atoms in total. The van der Waals surface area contributed by atoms with Gasteiger partial charge in [0.05, 0.1) is 25.3 Å². The lowest BCUT2D eigenvalue weighted by molar-refractivity contribution is 0.0474. The van der Waals surface area contributed by atoms with Gasteiger partial charge in [0, 0.05) is 35.6 Å². The minimum absolute atomic E-state index is 0.165. The summed E-state index contributed by atoms with van der Waals surface area (Å²) < 4.78 is 43.3. The van der Waals surface area contributed by atoms with Gasteiger partial charge >= 0.3 is 12.1 Å². The summed E-state index contributed by atoms with van der Waals surface area (Å²) in [6, 6.07) is 10.5. The highest BCUT2D eigenvalue weighted by Crippen LogP contribution is 2.32. The van der Waals surface area contributed by atoms with E-state index in [9.17, 15) is 18.4 Å². The molecule has 236 valence electrons. The van der Waals surface area contributed by atoms with Gasteiger partial charge in [0.2, 0.25) is 5.88 Å². The molecule has 1 amide bonds. The second-order valence-electron chi connectivity index (χ2n) is 12.1. The number of nitrogens with one attached hydrogen (secondary N) is 2. The summed E-state index contributed by atoms with van der Waals surface area (Å²) in [5.41, 5.74) is 1.44. The molecule has 1 aromatic heterocycles. The molecule has 3 aromatic rings. The quantitative estimate of drug-likeness (QED) is 0.250. The fraction of sp³-hybridized carbons (Fsp3) is 0.441. The van der Waals surface area contributed by atoms with Gasteiger partial charge in [-0.15, -0.1) is 0 Å². The van der Waals surface area contributed by atoms with E-state index < -0.39 is 29.3 Å². The van der Waals surface area contributed by atoms with Crippen molar-refractivity contribution in [1.29, 1.82) is 0 Å². The van der Waals surface area contributed by atoms with Crippen LogP contribution in [0.15, 0.2) is 48.5 Å². The molecular weight excluding hydrogens is 568 g/mol. The van der Waals surface area contributed by atoms with Gasteiger partial charge in [-0.1, -0.05) is 18.2 Å². The van der Waals surface area contributed by atoms with E-state index in [-0.39, 0.29) is 23.6 Å². The highest BCUT2D eigenvalue weighted by atomic mass is 19.1. The number of pyridine rings is 1. The normalized spacial score (nSPS) is 17.8. The molecule has 0 aliphatic heterocycles. The van der Waals surface area contributed by atoms with E-state index >= 15 is 0 Å². The minimum Gasteiger partial charge on any atom is -0.481 e. The highest BCUT2D eigenvalue weighted by Gasteiger charge is 2.31. The van der Waals surface area contributed by atoms with Crippen molar-refractivity contribution in [3.05, 3.63) is 76.9 Å². The lowest BCUT2D eigenvalue weighted by Gasteiger charge is -2.35. The first-order valence-corrected chi connectivity index (χ1v) is 14.9. The summed E-state index contributed by atoms with van der Waals surface area (Å²) in [6.07, 6.45) is 6.84. The van der Waals surface area contributed by atoms with Gasteiger partial charge in [-0.2, -0.15) is 0 Å². The smallest absolute Gasteiger partial charge is 0.407 e. The van der Waals surface area contributed by atoms with Gasteiger partial charge < -0.3 is 24.8 Å². The zero-order chi connectivity index (χ0) is 31.9. The topological polar surface area (TPSA) is 98.8 Å². The third-order valence-corrected chi connectivity index (χ3v) is 7.79. The van der Waals surface area contributed by atoms with Crippen LogP contribution in [0.3, 0.4) is 0 Å². The molecule has 10 heteroatoms. The predicted octanol–water partition coefficient (Wildman–Crippen LogP) is 6.61. The molecule has 4 rings (SSSR count). The standard InChI is InChI=1S/C34H41F2N3O5/c1-34(2,3)44-33(41)38-29(20-23-10-14-27(32(40)43-5)26-15-17-30(42-4)39-31(23)26)21-8-12-25(13-9-21)37-18-6-7-22-19-24(35)11-16-28(22)36/h6-7,10-11,14-17,19,21,25,29,37H,8-9,12-13,18,20H2,1-5H3,(H,38,41). The van der Waals surface area contributed by atoms with Crippen molar-refractivity contribution < 1.29 is 32.6 Å². The summed E-state index contributed by atoms with van der Waals surface area (Å²) in [7, 11) is 2.87. The molecule has 1 aliphatic rings.